The molecule has 3 rings (SSSR count). The number of nitrogens with one attached hydrogen (secondary N) is 3. The Kier molecular flexibility index (Phi) is 7.30. The summed E-state index contributed by atoms with van der Waals surface area (Å²) in [6.45, 7) is 2.67. The van der Waals surface area contributed by atoms with Crippen molar-refractivity contribution in [2.24, 2.45) is 0 Å². The number of nitrogens with zero attached hydrogens (tertiary/aromatic N) is 1. The molecule has 8 heteroatoms. The molecule has 2 amide bonds. The first-order chi connectivity index (χ1) is 14.5. The summed E-state index contributed by atoms with van der Waals surface area (Å²) in [6, 6.07) is 16.9. The summed E-state index contributed by atoms with van der Waals surface area (Å²) >= 11 is 6.03. The number of H-pyrrole nitrogens is 1. The maximum absolute atomic E-state index is 12.4. The summed E-state index contributed by atoms with van der Waals surface area (Å²) in [5, 5.41) is 12.2. The molecule has 30 heavy (non-hydrogen) atoms. The maximum atomic E-state index is 12.4. The van der Waals surface area contributed by atoms with Crippen LogP contribution in [0.15, 0.2) is 54.6 Å². The molecule has 0 aliphatic rings. The van der Waals surface area contributed by atoms with Gasteiger partial charge in [0.25, 0.3) is 11.8 Å². The van der Waals surface area contributed by atoms with Crippen LogP contribution in [-0.2, 0) is 0 Å². The molecule has 0 bridgehead atoms. The van der Waals surface area contributed by atoms with E-state index < -0.39 is 5.91 Å². The largest absolute Gasteiger partial charge is 0.351 e. The van der Waals surface area contributed by atoms with Crippen LogP contribution in [0, 0.1) is 0 Å². The van der Waals surface area contributed by atoms with Crippen LogP contribution in [0.25, 0.3) is 0 Å². The number of rotatable bonds is 8. The van der Waals surface area contributed by atoms with Crippen molar-refractivity contribution in [1.82, 2.24) is 15.5 Å². The molecule has 2 radical (unpaired) electrons. The first-order valence-electron chi connectivity index (χ1n) is 9.70. The smallest absolute Gasteiger partial charge is 0.268 e. The number of benzene rings is 2. The third kappa shape index (κ3) is 5.30. The minimum Gasteiger partial charge on any atom is -0.351 e. The lowest BCUT2D eigenvalue weighted by atomic mass is 9.94. The van der Waals surface area contributed by atoms with Crippen molar-refractivity contribution in [2.45, 2.75) is 25.7 Å². The van der Waals surface area contributed by atoms with Crippen LogP contribution in [0.2, 0.25) is 5.02 Å². The number of halogens is 1. The van der Waals surface area contributed by atoms with Crippen LogP contribution in [0.5, 0.6) is 0 Å². The van der Waals surface area contributed by atoms with Gasteiger partial charge in [-0.15, -0.1) is 0 Å². The fraction of sp³-hybridized carbons (Fsp3) is 0.227. The molecule has 0 aliphatic carbocycles. The highest BCUT2D eigenvalue weighted by atomic mass is 35.5. The molecule has 0 aliphatic heterocycles. The summed E-state index contributed by atoms with van der Waals surface area (Å²) in [4.78, 5) is 24.8. The molecule has 1 heterocycles. The minimum absolute atomic E-state index is 0.0746. The number of hydrogen-bond donors (Lipinski definition) is 3. The molecule has 0 spiro atoms. The second kappa shape index (κ2) is 10.1. The molecule has 0 fully saturated rings. The van der Waals surface area contributed by atoms with E-state index in [4.69, 9.17) is 19.4 Å². The van der Waals surface area contributed by atoms with Crippen molar-refractivity contribution < 1.29 is 9.59 Å². The van der Waals surface area contributed by atoms with Gasteiger partial charge in [0.15, 0.2) is 0 Å². The Morgan fingerprint density at radius 2 is 1.80 bits per heavy atom. The second-order valence-electron chi connectivity index (χ2n) is 7.00. The summed E-state index contributed by atoms with van der Waals surface area (Å²) in [6.07, 6.45) is 1.77. The van der Waals surface area contributed by atoms with Crippen LogP contribution in [0.1, 0.15) is 52.1 Å². The molecule has 3 N–H and O–H groups in total. The fourth-order valence-corrected chi connectivity index (χ4v) is 3.31. The molecular weight excluding hydrogens is 399 g/mol. The van der Waals surface area contributed by atoms with E-state index in [1.54, 1.807) is 24.3 Å². The number of aromatic nitrogens is 2. The highest BCUT2D eigenvalue weighted by Crippen LogP contribution is 2.19. The number of anilines is 1. The quantitative estimate of drug-likeness (QED) is 0.385. The van der Waals surface area contributed by atoms with E-state index in [-0.39, 0.29) is 22.9 Å². The molecule has 2 aromatic carbocycles. The third-order valence-corrected chi connectivity index (χ3v) is 5.18. The van der Waals surface area contributed by atoms with Crippen molar-refractivity contribution >= 4 is 42.5 Å². The number of amides is 2. The molecule has 0 saturated heterocycles. The second-order valence-corrected chi connectivity index (χ2v) is 7.41. The van der Waals surface area contributed by atoms with Crippen LogP contribution in [-0.4, -0.2) is 36.4 Å². The van der Waals surface area contributed by atoms with E-state index in [1.807, 2.05) is 18.2 Å². The van der Waals surface area contributed by atoms with E-state index in [9.17, 15) is 9.59 Å². The zero-order valence-electron chi connectivity index (χ0n) is 16.6. The van der Waals surface area contributed by atoms with Gasteiger partial charge in [0.05, 0.1) is 10.6 Å². The summed E-state index contributed by atoms with van der Waals surface area (Å²) < 4.78 is 0. The molecule has 0 saturated carbocycles. The van der Waals surface area contributed by atoms with Crippen molar-refractivity contribution in [3.8, 4) is 0 Å². The Morgan fingerprint density at radius 1 is 1.10 bits per heavy atom. The number of carbonyl (C=O) groups is 2. The van der Waals surface area contributed by atoms with E-state index in [0.717, 1.165) is 12.8 Å². The predicted octanol–water partition coefficient (Wildman–Crippen LogP) is 3.42. The van der Waals surface area contributed by atoms with Gasteiger partial charge in [-0.2, -0.15) is 5.10 Å². The van der Waals surface area contributed by atoms with Crippen molar-refractivity contribution in [2.75, 3.05) is 11.9 Å². The van der Waals surface area contributed by atoms with Gasteiger partial charge in [-0.3, -0.25) is 14.7 Å². The Balaban J connectivity index is 1.52. The van der Waals surface area contributed by atoms with Crippen molar-refractivity contribution in [3.63, 3.8) is 0 Å². The Labute approximate surface area is 181 Å². The number of carbonyl (C=O) groups excluding carboxylic acids is 2. The molecule has 1 aromatic heterocycles. The van der Waals surface area contributed by atoms with E-state index in [2.05, 4.69) is 39.9 Å². The first-order valence-corrected chi connectivity index (χ1v) is 10.1. The SMILES string of the molecule is [B]c1c(NC(=O)c2ccccc2Cl)n[nH]c1C(=O)NCCCC(C)c1ccccc1. The van der Waals surface area contributed by atoms with Crippen LogP contribution in [0.4, 0.5) is 5.82 Å². The Bertz CT molecular complexity index is 1020. The molecule has 3 aromatic rings. The van der Waals surface area contributed by atoms with Gasteiger partial charge >= 0.3 is 0 Å². The monoisotopic (exact) mass is 420 g/mol. The fourth-order valence-electron chi connectivity index (χ4n) is 3.09. The number of aromatic amines is 1. The predicted molar refractivity (Wildman–Crippen MR) is 120 cm³/mol. The standard InChI is InChI=1S/C22H22BClN4O2/c1-14(15-9-3-2-4-10-15)8-7-13-25-22(30)19-18(23)20(28-27-19)26-21(29)16-11-5-6-12-17(16)24/h2-6,9-12,14H,7-8,13H2,1H3,(H,25,30)(H2,26,27,28,29). The molecule has 6 nitrogen and oxygen atoms in total. The van der Waals surface area contributed by atoms with Gasteiger partial charge in [-0.25, -0.2) is 0 Å². The number of hydrogen-bond acceptors (Lipinski definition) is 3. The Hall–Kier alpha value is -3.06. The highest BCUT2D eigenvalue weighted by Gasteiger charge is 2.18. The van der Waals surface area contributed by atoms with Crippen molar-refractivity contribution in [1.29, 1.82) is 0 Å². The molecular formula is C22H22BClN4O2. The summed E-state index contributed by atoms with van der Waals surface area (Å²) in [5.41, 5.74) is 1.76. The van der Waals surface area contributed by atoms with Gasteiger partial charge in [-0.1, -0.05) is 61.0 Å². The van der Waals surface area contributed by atoms with E-state index >= 15 is 0 Å². The molecule has 152 valence electrons. The lowest BCUT2D eigenvalue weighted by Gasteiger charge is -2.12. The Morgan fingerprint density at radius 3 is 2.53 bits per heavy atom. The van der Waals surface area contributed by atoms with Gasteiger partial charge in [0, 0.05) is 6.54 Å². The zero-order valence-corrected chi connectivity index (χ0v) is 17.4. The summed E-state index contributed by atoms with van der Waals surface area (Å²) in [7, 11) is 5.99. The average molecular weight is 421 g/mol. The van der Waals surface area contributed by atoms with Crippen LogP contribution < -0.4 is 16.1 Å². The van der Waals surface area contributed by atoms with Crippen molar-refractivity contribution in [3.05, 3.63) is 76.4 Å². The topological polar surface area (TPSA) is 86.9 Å². The van der Waals surface area contributed by atoms with Gasteiger partial charge < -0.3 is 10.6 Å². The maximum Gasteiger partial charge on any atom is 0.268 e. The lowest BCUT2D eigenvalue weighted by Crippen LogP contribution is -2.30. The van der Waals surface area contributed by atoms with E-state index in [0.29, 0.717) is 23.0 Å². The average Bonchev–Trinajstić information content (AvgIpc) is 3.12. The lowest BCUT2D eigenvalue weighted by molar-refractivity contribution is 0.0948. The third-order valence-electron chi connectivity index (χ3n) is 4.85. The highest BCUT2D eigenvalue weighted by molar-refractivity contribution is 6.40. The normalized spacial score (nSPS) is 11.7. The summed E-state index contributed by atoms with van der Waals surface area (Å²) in [5.74, 6) is -0.332. The zero-order chi connectivity index (χ0) is 21.5. The molecule has 1 unspecified atom stereocenters. The van der Waals surface area contributed by atoms with Gasteiger partial charge in [0.1, 0.15) is 19.4 Å². The first kappa shape index (κ1) is 21.6. The minimum atomic E-state index is -0.458. The van der Waals surface area contributed by atoms with Crippen LogP contribution >= 0.6 is 11.6 Å². The van der Waals surface area contributed by atoms with Gasteiger partial charge in [-0.05, 0) is 41.9 Å². The van der Waals surface area contributed by atoms with E-state index in [1.165, 1.54) is 5.56 Å². The van der Waals surface area contributed by atoms with Crippen LogP contribution in [0.3, 0.4) is 0 Å². The molecule has 1 atom stereocenters. The van der Waals surface area contributed by atoms with Gasteiger partial charge in [0.2, 0.25) is 0 Å².